The van der Waals surface area contributed by atoms with Crippen LogP contribution in [-0.4, -0.2) is 17.0 Å². The summed E-state index contributed by atoms with van der Waals surface area (Å²) in [4.78, 5) is 24.2. The summed E-state index contributed by atoms with van der Waals surface area (Å²) in [6.07, 6.45) is 2.69. The van der Waals surface area contributed by atoms with E-state index in [-0.39, 0.29) is 11.9 Å². The second-order valence-electron chi connectivity index (χ2n) is 4.72. The Kier molecular flexibility index (Phi) is 3.71. The van der Waals surface area contributed by atoms with Gasteiger partial charge in [-0.15, -0.1) is 11.3 Å². The van der Waals surface area contributed by atoms with Crippen molar-refractivity contribution in [2.24, 2.45) is 5.41 Å². The van der Waals surface area contributed by atoms with Crippen LogP contribution in [0.2, 0.25) is 0 Å². The first-order chi connectivity index (χ1) is 8.60. The Bertz CT molecular complexity index is 437. The van der Waals surface area contributed by atoms with Crippen molar-refractivity contribution in [3.63, 3.8) is 0 Å². The van der Waals surface area contributed by atoms with Crippen molar-refractivity contribution in [3.8, 4) is 0 Å². The highest BCUT2D eigenvalue weighted by Gasteiger charge is 2.57. The van der Waals surface area contributed by atoms with Gasteiger partial charge in [-0.3, -0.25) is 9.59 Å². The van der Waals surface area contributed by atoms with E-state index in [1.807, 2.05) is 17.5 Å². The van der Waals surface area contributed by atoms with Gasteiger partial charge in [-0.05, 0) is 30.7 Å². The molecule has 1 aromatic rings. The minimum Gasteiger partial charge on any atom is -0.480 e. The predicted molar refractivity (Wildman–Crippen MR) is 69.4 cm³/mol. The fourth-order valence-electron chi connectivity index (χ4n) is 2.02. The summed E-state index contributed by atoms with van der Waals surface area (Å²) in [5.41, 5.74) is -1.15. The third-order valence-electron chi connectivity index (χ3n) is 3.36. The lowest BCUT2D eigenvalue weighted by atomic mass is 10.0. The summed E-state index contributed by atoms with van der Waals surface area (Å²) in [5, 5.41) is 14.0. The largest absolute Gasteiger partial charge is 0.480 e. The lowest BCUT2D eigenvalue weighted by Gasteiger charge is -2.19. The van der Waals surface area contributed by atoms with Crippen molar-refractivity contribution < 1.29 is 14.7 Å². The fourth-order valence-corrected chi connectivity index (χ4v) is 2.84. The second-order valence-corrected chi connectivity index (χ2v) is 5.70. The van der Waals surface area contributed by atoms with Crippen LogP contribution < -0.4 is 5.32 Å². The summed E-state index contributed by atoms with van der Waals surface area (Å²) in [6, 6.07) is 3.86. The molecule has 1 saturated carbocycles. The van der Waals surface area contributed by atoms with E-state index >= 15 is 0 Å². The van der Waals surface area contributed by atoms with Gasteiger partial charge in [-0.25, -0.2) is 0 Å². The van der Waals surface area contributed by atoms with Gasteiger partial charge in [-0.2, -0.15) is 0 Å². The Morgan fingerprint density at radius 1 is 1.56 bits per heavy atom. The zero-order valence-corrected chi connectivity index (χ0v) is 11.1. The molecule has 2 rings (SSSR count). The molecule has 1 aliphatic rings. The molecule has 2 N–H and O–H groups in total. The van der Waals surface area contributed by atoms with Gasteiger partial charge in [0.2, 0.25) is 5.91 Å². The van der Waals surface area contributed by atoms with E-state index in [4.69, 9.17) is 5.11 Å². The van der Waals surface area contributed by atoms with E-state index in [0.29, 0.717) is 12.8 Å². The number of rotatable bonds is 6. The molecule has 1 aromatic heterocycles. The number of amides is 1. The summed E-state index contributed by atoms with van der Waals surface area (Å²) in [7, 11) is 0. The maximum Gasteiger partial charge on any atom is 0.319 e. The average molecular weight is 267 g/mol. The molecule has 98 valence electrons. The van der Waals surface area contributed by atoms with Gasteiger partial charge in [-0.1, -0.05) is 19.4 Å². The van der Waals surface area contributed by atoms with E-state index in [1.54, 1.807) is 11.3 Å². The Morgan fingerprint density at radius 3 is 2.72 bits per heavy atom. The van der Waals surface area contributed by atoms with E-state index in [0.717, 1.165) is 17.7 Å². The van der Waals surface area contributed by atoms with Gasteiger partial charge in [0.25, 0.3) is 0 Å². The Morgan fingerprint density at radius 2 is 2.28 bits per heavy atom. The number of thiophene rings is 1. The van der Waals surface area contributed by atoms with E-state index in [1.165, 1.54) is 0 Å². The van der Waals surface area contributed by atoms with Crippen LogP contribution in [0.1, 0.15) is 43.5 Å². The molecule has 18 heavy (non-hydrogen) atoms. The topological polar surface area (TPSA) is 66.4 Å². The molecule has 0 aromatic carbocycles. The predicted octanol–water partition coefficient (Wildman–Crippen LogP) is 2.57. The average Bonchev–Trinajstić information content (AvgIpc) is 2.98. The van der Waals surface area contributed by atoms with Crippen molar-refractivity contribution >= 4 is 23.2 Å². The minimum atomic E-state index is -1.15. The van der Waals surface area contributed by atoms with Crippen LogP contribution in [-0.2, 0) is 9.59 Å². The molecule has 4 nitrogen and oxygen atoms in total. The molecular formula is C13H17NO3S. The summed E-state index contributed by atoms with van der Waals surface area (Å²) in [6.45, 7) is 2.05. The van der Waals surface area contributed by atoms with Crippen LogP contribution >= 0.6 is 11.3 Å². The van der Waals surface area contributed by atoms with Crippen LogP contribution in [0.5, 0.6) is 0 Å². The van der Waals surface area contributed by atoms with Crippen molar-refractivity contribution in [1.29, 1.82) is 0 Å². The van der Waals surface area contributed by atoms with Crippen LogP contribution in [0.3, 0.4) is 0 Å². The number of nitrogens with one attached hydrogen (secondary N) is 1. The second kappa shape index (κ2) is 5.10. The Labute approximate surface area is 110 Å². The lowest BCUT2D eigenvalue weighted by molar-refractivity contribution is -0.149. The maximum atomic E-state index is 12.1. The fraction of sp³-hybridized carbons (Fsp3) is 0.538. The zero-order valence-electron chi connectivity index (χ0n) is 10.3. The van der Waals surface area contributed by atoms with Crippen LogP contribution in [0.15, 0.2) is 17.5 Å². The number of aliphatic carboxylic acids is 1. The third-order valence-corrected chi connectivity index (χ3v) is 4.35. The number of carboxylic acids is 1. The molecular weight excluding hydrogens is 250 g/mol. The number of carboxylic acid groups (broad SMARTS) is 1. The van der Waals surface area contributed by atoms with Crippen molar-refractivity contribution in [1.82, 2.24) is 5.32 Å². The molecule has 1 aliphatic carbocycles. The minimum absolute atomic E-state index is 0.0562. The van der Waals surface area contributed by atoms with Gasteiger partial charge in [0.05, 0.1) is 6.04 Å². The monoisotopic (exact) mass is 267 g/mol. The first-order valence-corrected chi connectivity index (χ1v) is 7.06. The SMILES string of the molecule is CCCC(NC(=O)C1(C(=O)O)CC1)c1cccs1. The molecule has 1 heterocycles. The first kappa shape index (κ1) is 13.1. The third kappa shape index (κ3) is 2.41. The van der Waals surface area contributed by atoms with Crippen LogP contribution in [0, 0.1) is 5.41 Å². The lowest BCUT2D eigenvalue weighted by Crippen LogP contribution is -2.38. The number of carbonyl (C=O) groups excluding carboxylic acids is 1. The smallest absolute Gasteiger partial charge is 0.319 e. The molecule has 0 radical (unpaired) electrons. The van der Waals surface area contributed by atoms with Crippen molar-refractivity contribution in [2.45, 2.75) is 38.6 Å². The summed E-state index contributed by atoms with van der Waals surface area (Å²) in [5.74, 6) is -1.33. The molecule has 1 fully saturated rings. The van der Waals surface area contributed by atoms with Crippen LogP contribution in [0.4, 0.5) is 0 Å². The van der Waals surface area contributed by atoms with Crippen LogP contribution in [0.25, 0.3) is 0 Å². The van der Waals surface area contributed by atoms with E-state index in [9.17, 15) is 9.59 Å². The summed E-state index contributed by atoms with van der Waals surface area (Å²) < 4.78 is 0. The van der Waals surface area contributed by atoms with E-state index in [2.05, 4.69) is 12.2 Å². The number of hydrogen-bond acceptors (Lipinski definition) is 3. The zero-order chi connectivity index (χ0) is 13.2. The van der Waals surface area contributed by atoms with Gasteiger partial charge >= 0.3 is 5.97 Å². The van der Waals surface area contributed by atoms with Gasteiger partial charge in [0, 0.05) is 4.88 Å². The Hall–Kier alpha value is -1.36. The van der Waals surface area contributed by atoms with Gasteiger partial charge in [0.1, 0.15) is 5.41 Å². The van der Waals surface area contributed by atoms with Crippen molar-refractivity contribution in [3.05, 3.63) is 22.4 Å². The Balaban J connectivity index is 2.06. The molecule has 5 heteroatoms. The van der Waals surface area contributed by atoms with E-state index < -0.39 is 11.4 Å². The molecule has 0 aliphatic heterocycles. The molecule has 0 bridgehead atoms. The molecule has 0 spiro atoms. The first-order valence-electron chi connectivity index (χ1n) is 6.18. The quantitative estimate of drug-likeness (QED) is 0.778. The molecule has 0 saturated heterocycles. The summed E-state index contributed by atoms with van der Waals surface area (Å²) >= 11 is 1.59. The number of carbonyl (C=O) groups is 2. The molecule has 1 unspecified atom stereocenters. The normalized spacial score (nSPS) is 18.1. The standard InChI is InChI=1S/C13H17NO3S/c1-2-4-9(10-5-3-8-18-10)14-11(15)13(6-7-13)12(16)17/h3,5,8-9H,2,4,6-7H2,1H3,(H,14,15)(H,16,17). The highest BCUT2D eigenvalue weighted by molar-refractivity contribution is 7.10. The molecule has 1 atom stereocenters. The highest BCUT2D eigenvalue weighted by atomic mass is 32.1. The van der Waals surface area contributed by atoms with Crippen molar-refractivity contribution in [2.75, 3.05) is 0 Å². The van der Waals surface area contributed by atoms with Gasteiger partial charge < -0.3 is 10.4 Å². The maximum absolute atomic E-state index is 12.1. The highest BCUT2D eigenvalue weighted by Crippen LogP contribution is 2.46. The van der Waals surface area contributed by atoms with Gasteiger partial charge in [0.15, 0.2) is 0 Å². The molecule has 1 amide bonds. The number of hydrogen-bond donors (Lipinski definition) is 2.